The minimum Gasteiger partial charge on any atom is -0.397 e. The fraction of sp³-hybridized carbons (Fsp3) is 0.0385. The lowest BCUT2D eigenvalue weighted by molar-refractivity contribution is -0.111. The first-order valence-electron chi connectivity index (χ1n) is 10.4. The molecule has 0 radical (unpaired) electrons. The normalized spacial score (nSPS) is 11.6. The lowest BCUT2D eigenvalue weighted by Gasteiger charge is -2.08. The number of nitrogens with one attached hydrogen (secondary N) is 1. The number of nitrogen functional groups attached to an aromatic ring is 1. The number of aliphatic hydroxyl groups is 1. The summed E-state index contributed by atoms with van der Waals surface area (Å²) in [6.07, 6.45) is 5.71. The molecule has 34 heavy (non-hydrogen) atoms. The SMILES string of the molecule is Nc1ccccc1NC(=O)/C=C/c1ccn(S(=O)(=O)c2ccc(-c3cccc(CO)c3)cc2)c1. The topological polar surface area (TPSA) is 114 Å². The summed E-state index contributed by atoms with van der Waals surface area (Å²) in [7, 11) is -3.80. The molecule has 4 rings (SSSR count). The van der Waals surface area contributed by atoms with Crippen molar-refractivity contribution in [3.05, 3.63) is 108 Å². The van der Waals surface area contributed by atoms with E-state index < -0.39 is 10.0 Å². The number of anilines is 2. The van der Waals surface area contributed by atoms with Crippen LogP contribution in [0.5, 0.6) is 0 Å². The summed E-state index contributed by atoms with van der Waals surface area (Å²) in [6, 6.07) is 22.5. The Morgan fingerprint density at radius 2 is 1.74 bits per heavy atom. The van der Waals surface area contributed by atoms with E-state index in [1.54, 1.807) is 54.6 Å². The summed E-state index contributed by atoms with van der Waals surface area (Å²) in [5.74, 6) is -0.380. The average Bonchev–Trinajstić information content (AvgIpc) is 3.34. The van der Waals surface area contributed by atoms with Crippen molar-refractivity contribution in [3.63, 3.8) is 0 Å². The molecule has 1 heterocycles. The number of carbonyl (C=O) groups excluding carboxylic acids is 1. The van der Waals surface area contributed by atoms with Crippen molar-refractivity contribution in [2.24, 2.45) is 0 Å². The Morgan fingerprint density at radius 3 is 2.47 bits per heavy atom. The Bertz CT molecular complexity index is 1460. The van der Waals surface area contributed by atoms with E-state index in [9.17, 15) is 18.3 Å². The Morgan fingerprint density at radius 1 is 0.971 bits per heavy atom. The molecule has 4 N–H and O–H groups in total. The highest BCUT2D eigenvalue weighted by Gasteiger charge is 2.16. The van der Waals surface area contributed by atoms with E-state index in [2.05, 4.69) is 5.32 Å². The third-order valence-corrected chi connectivity index (χ3v) is 6.86. The zero-order chi connectivity index (χ0) is 24.1. The van der Waals surface area contributed by atoms with Crippen molar-refractivity contribution in [1.29, 1.82) is 0 Å². The molecule has 172 valence electrons. The number of aliphatic hydroxyl groups excluding tert-OH is 1. The van der Waals surface area contributed by atoms with Crippen molar-refractivity contribution in [2.45, 2.75) is 11.5 Å². The van der Waals surface area contributed by atoms with Crippen molar-refractivity contribution >= 4 is 33.4 Å². The van der Waals surface area contributed by atoms with Gasteiger partial charge in [-0.1, -0.05) is 42.5 Å². The van der Waals surface area contributed by atoms with Gasteiger partial charge in [0.2, 0.25) is 5.91 Å². The number of nitrogens with two attached hydrogens (primary N) is 1. The number of rotatable bonds is 7. The number of nitrogens with zero attached hydrogens (tertiary/aromatic N) is 1. The van der Waals surface area contributed by atoms with Crippen molar-refractivity contribution < 1.29 is 18.3 Å². The van der Waals surface area contributed by atoms with Gasteiger partial charge in [0.25, 0.3) is 10.0 Å². The van der Waals surface area contributed by atoms with Gasteiger partial charge in [0, 0.05) is 18.5 Å². The molecule has 0 saturated carbocycles. The molecular formula is C26H23N3O4S. The largest absolute Gasteiger partial charge is 0.397 e. The number of hydrogen-bond donors (Lipinski definition) is 3. The summed E-state index contributed by atoms with van der Waals surface area (Å²) in [5.41, 5.74) is 9.84. The van der Waals surface area contributed by atoms with Gasteiger partial charge in [-0.2, -0.15) is 0 Å². The third kappa shape index (κ3) is 5.09. The second-order valence-corrected chi connectivity index (χ2v) is 9.42. The van der Waals surface area contributed by atoms with Gasteiger partial charge in [-0.15, -0.1) is 0 Å². The maximum absolute atomic E-state index is 13.0. The van der Waals surface area contributed by atoms with Crippen LogP contribution < -0.4 is 11.1 Å². The van der Waals surface area contributed by atoms with E-state index in [4.69, 9.17) is 5.73 Å². The number of amides is 1. The number of carbonyl (C=O) groups is 1. The molecule has 0 aliphatic carbocycles. The minimum absolute atomic E-state index is 0.0628. The number of aromatic nitrogens is 1. The van der Waals surface area contributed by atoms with Crippen LogP contribution in [0.4, 0.5) is 11.4 Å². The minimum atomic E-state index is -3.80. The molecule has 0 saturated heterocycles. The van der Waals surface area contributed by atoms with Crippen LogP contribution in [0.25, 0.3) is 17.2 Å². The van der Waals surface area contributed by atoms with E-state index >= 15 is 0 Å². The van der Waals surface area contributed by atoms with Gasteiger partial charge in [-0.3, -0.25) is 4.79 Å². The fourth-order valence-electron chi connectivity index (χ4n) is 3.39. The van der Waals surface area contributed by atoms with Crippen molar-refractivity contribution in [2.75, 3.05) is 11.1 Å². The number of para-hydroxylation sites is 2. The first-order valence-corrected chi connectivity index (χ1v) is 11.9. The van der Waals surface area contributed by atoms with Gasteiger partial charge < -0.3 is 16.2 Å². The Hall–Kier alpha value is -4.14. The van der Waals surface area contributed by atoms with Gasteiger partial charge in [0.15, 0.2) is 0 Å². The van der Waals surface area contributed by atoms with Gasteiger partial charge >= 0.3 is 0 Å². The molecule has 8 heteroatoms. The summed E-state index contributed by atoms with van der Waals surface area (Å²) < 4.78 is 27.2. The molecule has 1 aromatic heterocycles. The summed E-state index contributed by atoms with van der Waals surface area (Å²) in [4.78, 5) is 12.3. The second kappa shape index (κ2) is 9.78. The molecule has 0 bridgehead atoms. The predicted molar refractivity (Wildman–Crippen MR) is 133 cm³/mol. The Labute approximate surface area is 197 Å². The highest BCUT2D eigenvalue weighted by atomic mass is 32.2. The van der Waals surface area contributed by atoms with Crippen LogP contribution in [0, 0.1) is 0 Å². The van der Waals surface area contributed by atoms with E-state index in [1.807, 2.05) is 24.3 Å². The lowest BCUT2D eigenvalue weighted by Crippen LogP contribution is -2.10. The van der Waals surface area contributed by atoms with Gasteiger partial charge in [-0.25, -0.2) is 12.4 Å². The monoisotopic (exact) mass is 473 g/mol. The maximum atomic E-state index is 13.0. The van der Waals surface area contributed by atoms with Crippen LogP contribution in [0.15, 0.2) is 102 Å². The molecule has 0 fully saturated rings. The van der Waals surface area contributed by atoms with Gasteiger partial charge in [-0.05, 0) is 64.7 Å². The van der Waals surface area contributed by atoms with Crippen LogP contribution in [0.2, 0.25) is 0 Å². The predicted octanol–water partition coefficient (Wildman–Crippen LogP) is 4.12. The zero-order valence-corrected chi connectivity index (χ0v) is 18.9. The highest BCUT2D eigenvalue weighted by Crippen LogP contribution is 2.24. The van der Waals surface area contributed by atoms with Gasteiger partial charge in [0.1, 0.15) is 0 Å². The summed E-state index contributed by atoms with van der Waals surface area (Å²) in [6.45, 7) is -0.0628. The van der Waals surface area contributed by atoms with E-state index in [0.29, 0.717) is 16.9 Å². The van der Waals surface area contributed by atoms with Crippen LogP contribution >= 0.6 is 0 Å². The van der Waals surface area contributed by atoms with E-state index in [1.165, 1.54) is 24.5 Å². The third-order valence-electron chi connectivity index (χ3n) is 5.21. The summed E-state index contributed by atoms with van der Waals surface area (Å²) in [5, 5.41) is 12.0. The molecule has 0 aliphatic heterocycles. The first kappa shape index (κ1) is 23.0. The molecule has 3 aromatic carbocycles. The standard InChI is InChI=1S/C26H23N3O4S/c27-24-6-1-2-7-25(24)28-26(31)13-8-19-14-15-29(17-19)34(32,33)23-11-9-21(10-12-23)22-5-3-4-20(16-22)18-30/h1-17,30H,18,27H2,(H,28,31)/b13-8+. The molecule has 1 amide bonds. The van der Waals surface area contributed by atoms with E-state index in [-0.39, 0.29) is 17.4 Å². The highest BCUT2D eigenvalue weighted by molar-refractivity contribution is 7.90. The second-order valence-electron chi connectivity index (χ2n) is 7.57. The Balaban J connectivity index is 1.48. The smallest absolute Gasteiger partial charge is 0.267 e. The van der Waals surface area contributed by atoms with Crippen molar-refractivity contribution in [1.82, 2.24) is 3.97 Å². The maximum Gasteiger partial charge on any atom is 0.267 e. The molecule has 4 aromatic rings. The summed E-state index contributed by atoms with van der Waals surface area (Å²) >= 11 is 0. The number of hydrogen-bond acceptors (Lipinski definition) is 5. The molecule has 0 atom stereocenters. The van der Waals surface area contributed by atoms with E-state index in [0.717, 1.165) is 20.7 Å². The zero-order valence-electron chi connectivity index (χ0n) is 18.1. The Kier molecular flexibility index (Phi) is 6.62. The number of benzene rings is 3. The molecule has 7 nitrogen and oxygen atoms in total. The first-order chi connectivity index (χ1) is 16.4. The average molecular weight is 474 g/mol. The van der Waals surface area contributed by atoms with Crippen LogP contribution in [0.1, 0.15) is 11.1 Å². The molecule has 0 unspecified atom stereocenters. The van der Waals surface area contributed by atoms with Crippen LogP contribution in [-0.4, -0.2) is 23.4 Å². The van der Waals surface area contributed by atoms with Gasteiger partial charge in [0.05, 0.1) is 22.9 Å². The fourth-order valence-corrected chi connectivity index (χ4v) is 4.59. The van der Waals surface area contributed by atoms with Crippen molar-refractivity contribution in [3.8, 4) is 11.1 Å². The van der Waals surface area contributed by atoms with Crippen LogP contribution in [0.3, 0.4) is 0 Å². The quantitative estimate of drug-likeness (QED) is 0.276. The molecule has 0 aliphatic rings. The molecular weight excluding hydrogens is 450 g/mol. The lowest BCUT2D eigenvalue weighted by atomic mass is 10.0. The van der Waals surface area contributed by atoms with Crippen LogP contribution in [-0.2, 0) is 21.4 Å². The molecule has 0 spiro atoms.